The number of aromatic nitrogens is 6. The molecule has 5 heterocycles. The molecule has 1 atom stereocenters. The second-order valence-electron chi connectivity index (χ2n) is 12.9. The molecule has 0 saturated carbocycles. The molecule has 2 aromatic carbocycles. The van der Waals surface area contributed by atoms with Gasteiger partial charge in [0.05, 0.1) is 35.7 Å². The fourth-order valence-corrected chi connectivity index (χ4v) is 6.40. The highest BCUT2D eigenvalue weighted by Crippen LogP contribution is 2.35. The number of benzene rings is 2. The van der Waals surface area contributed by atoms with Crippen LogP contribution in [0.2, 0.25) is 0 Å². The van der Waals surface area contributed by atoms with E-state index in [0.717, 1.165) is 44.1 Å². The third kappa shape index (κ3) is 6.61. The van der Waals surface area contributed by atoms with Crippen molar-refractivity contribution in [1.82, 2.24) is 39.7 Å². The summed E-state index contributed by atoms with van der Waals surface area (Å²) in [7, 11) is 3.62. The minimum absolute atomic E-state index is 0.0511. The Morgan fingerprint density at radius 3 is 2.60 bits per heavy atom. The van der Waals surface area contributed by atoms with Crippen molar-refractivity contribution < 1.29 is 14.4 Å². The van der Waals surface area contributed by atoms with Crippen molar-refractivity contribution in [2.24, 2.45) is 14.1 Å². The van der Waals surface area contributed by atoms with Crippen LogP contribution in [0.25, 0.3) is 44.2 Å². The number of aryl methyl sites for hydroxylation is 2. The number of nitrogens with one attached hydrogen (secondary N) is 3. The number of anilines is 1. The van der Waals surface area contributed by atoms with Crippen LogP contribution in [0, 0.1) is 11.8 Å². The number of hydrogen-bond acceptors (Lipinski definition) is 9. The lowest BCUT2D eigenvalue weighted by Crippen LogP contribution is -2.47. The van der Waals surface area contributed by atoms with Crippen LogP contribution in [0.1, 0.15) is 54.4 Å². The molecule has 3 amide bonds. The highest BCUT2D eigenvalue weighted by Gasteiger charge is 2.26. The first kappa shape index (κ1) is 33.8. The Morgan fingerprint density at radius 2 is 1.83 bits per heavy atom. The second-order valence-corrected chi connectivity index (χ2v) is 12.9. The Hall–Kier alpha value is -6.68. The van der Waals surface area contributed by atoms with Gasteiger partial charge in [-0.2, -0.15) is 0 Å². The predicted molar refractivity (Wildman–Crippen MR) is 197 cm³/mol. The van der Waals surface area contributed by atoms with Crippen molar-refractivity contribution in [3.8, 4) is 34.2 Å². The molecule has 1 aliphatic rings. The summed E-state index contributed by atoms with van der Waals surface area (Å²) < 4.78 is 3.41. The van der Waals surface area contributed by atoms with Crippen LogP contribution < -0.4 is 21.6 Å². The molecular weight excluding hydrogens is 658 g/mol. The summed E-state index contributed by atoms with van der Waals surface area (Å²) in [5.74, 6) is 5.19. The van der Waals surface area contributed by atoms with Gasteiger partial charge in [0.15, 0.2) is 0 Å². The van der Waals surface area contributed by atoms with Crippen molar-refractivity contribution in [2.75, 3.05) is 11.9 Å². The van der Waals surface area contributed by atoms with E-state index >= 15 is 0 Å². The molecule has 260 valence electrons. The third-order valence-electron chi connectivity index (χ3n) is 9.13. The minimum Gasteiger partial charge on any atom is -0.357 e. The van der Waals surface area contributed by atoms with Gasteiger partial charge in [-0.1, -0.05) is 38.0 Å². The molecule has 13 nitrogen and oxygen atoms in total. The first-order chi connectivity index (χ1) is 25.1. The van der Waals surface area contributed by atoms with Crippen LogP contribution in [-0.2, 0) is 23.7 Å². The van der Waals surface area contributed by atoms with Crippen molar-refractivity contribution in [3.63, 3.8) is 0 Å². The quantitative estimate of drug-likeness (QED) is 0.165. The van der Waals surface area contributed by atoms with Gasteiger partial charge < -0.3 is 10.6 Å². The minimum atomic E-state index is -0.586. The van der Waals surface area contributed by atoms with Gasteiger partial charge in [0.2, 0.25) is 11.8 Å². The lowest BCUT2D eigenvalue weighted by atomic mass is 9.93. The van der Waals surface area contributed by atoms with E-state index in [-0.39, 0.29) is 42.1 Å². The smallest absolute Gasteiger partial charge is 0.328 e. The number of amides is 3. The Balaban J connectivity index is 1.03. The number of hydrogen-bond donors (Lipinski definition) is 3. The van der Waals surface area contributed by atoms with Crippen LogP contribution in [0.5, 0.6) is 0 Å². The molecule has 0 radical (unpaired) electrons. The van der Waals surface area contributed by atoms with Gasteiger partial charge in [0.25, 0.3) is 5.91 Å². The number of fused-ring (bicyclic) bond motifs is 2. The zero-order valence-corrected chi connectivity index (χ0v) is 29.0. The summed E-state index contributed by atoms with van der Waals surface area (Å²) >= 11 is 0. The van der Waals surface area contributed by atoms with E-state index in [1.165, 1.54) is 12.4 Å². The summed E-state index contributed by atoms with van der Waals surface area (Å²) in [6.07, 6.45) is 7.02. The number of imidazole rings is 1. The SMILES string of the molecule is CC(C)c1cc(-c2cccc3cc(-c4ccc(C(=O)NCC#Cc5cncc(NC6CCC(=O)NC6=O)n5)nc4)ncc23)cc2c1n(C)c(=O)n2C. The van der Waals surface area contributed by atoms with Crippen LogP contribution >= 0.6 is 0 Å². The van der Waals surface area contributed by atoms with Crippen LogP contribution in [0.4, 0.5) is 5.82 Å². The van der Waals surface area contributed by atoms with E-state index in [1.54, 1.807) is 34.5 Å². The topological polar surface area (TPSA) is 166 Å². The van der Waals surface area contributed by atoms with Crippen LogP contribution in [0.15, 0.2) is 78.1 Å². The molecule has 0 bridgehead atoms. The van der Waals surface area contributed by atoms with E-state index in [2.05, 4.69) is 74.8 Å². The molecule has 0 aliphatic carbocycles. The van der Waals surface area contributed by atoms with Crippen molar-refractivity contribution in [3.05, 3.63) is 101 Å². The van der Waals surface area contributed by atoms with Gasteiger partial charge >= 0.3 is 5.69 Å². The Kier molecular flexibility index (Phi) is 9.04. The van der Waals surface area contributed by atoms with Crippen LogP contribution in [-0.4, -0.2) is 59.4 Å². The average molecular weight is 694 g/mol. The number of nitrogens with zero attached hydrogens (tertiary/aromatic N) is 6. The zero-order chi connectivity index (χ0) is 36.5. The molecule has 1 aliphatic heterocycles. The molecule has 7 rings (SSSR count). The zero-order valence-electron chi connectivity index (χ0n) is 29.0. The van der Waals surface area contributed by atoms with Crippen molar-refractivity contribution in [1.29, 1.82) is 0 Å². The van der Waals surface area contributed by atoms with Gasteiger partial charge in [-0.3, -0.25) is 43.8 Å². The molecule has 3 N–H and O–H groups in total. The summed E-state index contributed by atoms with van der Waals surface area (Å²) in [6.45, 7) is 4.32. The molecule has 1 saturated heterocycles. The molecule has 1 fully saturated rings. The van der Waals surface area contributed by atoms with E-state index in [0.29, 0.717) is 23.6 Å². The molecule has 4 aromatic heterocycles. The van der Waals surface area contributed by atoms with Gasteiger partial charge in [-0.05, 0) is 70.7 Å². The number of imide groups is 1. The highest BCUT2D eigenvalue weighted by atomic mass is 16.2. The number of carbonyl (C=O) groups excluding carboxylic acids is 3. The first-order valence-electron chi connectivity index (χ1n) is 16.8. The number of rotatable bonds is 7. The summed E-state index contributed by atoms with van der Waals surface area (Å²) in [4.78, 5) is 66.6. The fourth-order valence-electron chi connectivity index (χ4n) is 6.40. The maximum Gasteiger partial charge on any atom is 0.328 e. The standard InChI is InChI=1S/C39H35N9O4/c1-22(2)28-15-25(17-33-36(28)48(4)39(52)47(33)3)27-9-5-7-23-16-32(43-20-29(23)27)24-10-11-30(42-18-24)37(50)41-14-6-8-26-19-40-21-34(44-26)45-31-12-13-35(49)46-38(31)51/h5,7,9-11,15-22,31H,12-14H2,1-4H3,(H,41,50)(H,44,45)(H,46,49,51). The molecule has 6 aromatic rings. The van der Waals surface area contributed by atoms with Gasteiger partial charge in [0, 0.05) is 43.9 Å². The highest BCUT2D eigenvalue weighted by molar-refractivity contribution is 6.01. The molecule has 0 spiro atoms. The number of piperidine rings is 1. The number of pyridine rings is 2. The molecule has 52 heavy (non-hydrogen) atoms. The van der Waals surface area contributed by atoms with E-state index in [9.17, 15) is 19.2 Å². The maximum absolute atomic E-state index is 12.8. The third-order valence-corrected chi connectivity index (χ3v) is 9.13. The van der Waals surface area contributed by atoms with Gasteiger partial charge in [-0.25, -0.2) is 9.78 Å². The Bertz CT molecular complexity index is 2520. The predicted octanol–water partition coefficient (Wildman–Crippen LogP) is 4.07. The lowest BCUT2D eigenvalue weighted by Gasteiger charge is -2.21. The van der Waals surface area contributed by atoms with E-state index in [4.69, 9.17) is 4.98 Å². The molecule has 13 heteroatoms. The average Bonchev–Trinajstić information content (AvgIpc) is 3.37. The van der Waals surface area contributed by atoms with Crippen LogP contribution in [0.3, 0.4) is 0 Å². The number of carbonyl (C=O) groups is 3. The largest absolute Gasteiger partial charge is 0.357 e. The lowest BCUT2D eigenvalue weighted by molar-refractivity contribution is -0.133. The summed E-state index contributed by atoms with van der Waals surface area (Å²) in [5.41, 5.74) is 6.99. The van der Waals surface area contributed by atoms with E-state index in [1.807, 2.05) is 31.4 Å². The first-order valence-corrected chi connectivity index (χ1v) is 16.8. The maximum atomic E-state index is 12.8. The monoisotopic (exact) mass is 693 g/mol. The summed E-state index contributed by atoms with van der Waals surface area (Å²) in [5, 5.41) is 9.98. The second kappa shape index (κ2) is 13.9. The Morgan fingerprint density at radius 1 is 0.981 bits per heavy atom. The molecular formula is C39H35N9O4. The van der Waals surface area contributed by atoms with Crippen molar-refractivity contribution in [2.45, 2.75) is 38.6 Å². The normalized spacial score (nSPS) is 14.3. The summed E-state index contributed by atoms with van der Waals surface area (Å²) in [6, 6.07) is 15.2. The fraction of sp³-hybridized carbons (Fsp3) is 0.231. The van der Waals surface area contributed by atoms with Crippen molar-refractivity contribution >= 4 is 45.3 Å². The Labute approximate surface area is 298 Å². The van der Waals surface area contributed by atoms with E-state index < -0.39 is 11.9 Å². The molecule has 1 unspecified atom stereocenters. The van der Waals surface area contributed by atoms with Gasteiger partial charge in [-0.15, -0.1) is 0 Å². The van der Waals surface area contributed by atoms with Gasteiger partial charge in [0.1, 0.15) is 23.2 Å².